The number of amidine groups is 1. The van der Waals surface area contributed by atoms with Crippen molar-refractivity contribution in [2.45, 2.75) is 12.8 Å². The van der Waals surface area contributed by atoms with Crippen LogP contribution in [0.5, 0.6) is 0 Å². The van der Waals surface area contributed by atoms with Crippen molar-refractivity contribution >= 4 is 17.2 Å². The van der Waals surface area contributed by atoms with Crippen molar-refractivity contribution in [2.75, 3.05) is 13.1 Å². The van der Waals surface area contributed by atoms with Gasteiger partial charge >= 0.3 is 0 Å². The van der Waals surface area contributed by atoms with Crippen LogP contribution in [0.15, 0.2) is 22.0 Å². The summed E-state index contributed by atoms with van der Waals surface area (Å²) in [6.45, 7) is 1.68. The quantitative estimate of drug-likeness (QED) is 0.217. The van der Waals surface area contributed by atoms with Gasteiger partial charge < -0.3 is 16.3 Å². The molecule has 0 aliphatic rings. The van der Waals surface area contributed by atoms with Crippen molar-refractivity contribution in [2.24, 2.45) is 10.9 Å². The van der Waals surface area contributed by atoms with Gasteiger partial charge in [0, 0.05) is 13.0 Å². The number of hydrogen-bond acceptors (Lipinski definition) is 4. The third-order valence-corrected chi connectivity index (χ3v) is 2.59. The van der Waals surface area contributed by atoms with E-state index in [-0.39, 0.29) is 5.84 Å². The third-order valence-electron chi connectivity index (χ3n) is 1.86. The van der Waals surface area contributed by atoms with Gasteiger partial charge in [-0.05, 0) is 35.4 Å². The largest absolute Gasteiger partial charge is 0.409 e. The molecule has 0 amide bonds. The fourth-order valence-corrected chi connectivity index (χ4v) is 1.76. The molecule has 4 N–H and O–H groups in total. The molecule has 0 atom stereocenters. The van der Waals surface area contributed by atoms with Crippen LogP contribution in [-0.4, -0.2) is 24.1 Å². The second-order valence-corrected chi connectivity index (χ2v) is 3.75. The van der Waals surface area contributed by atoms with E-state index in [1.54, 1.807) is 11.3 Å². The number of oxime groups is 1. The lowest BCUT2D eigenvalue weighted by molar-refractivity contribution is 0.316. The first-order chi connectivity index (χ1) is 6.83. The normalized spacial score (nSPS) is 11.9. The molecular weight excluding hydrogens is 198 g/mol. The van der Waals surface area contributed by atoms with Crippen LogP contribution in [0.25, 0.3) is 0 Å². The summed E-state index contributed by atoms with van der Waals surface area (Å²) in [6.07, 6.45) is 1.61. The maximum Gasteiger partial charge on any atom is 0.140 e. The second kappa shape index (κ2) is 6.39. The zero-order valence-corrected chi connectivity index (χ0v) is 8.76. The summed E-state index contributed by atoms with van der Waals surface area (Å²) in [5, 5.41) is 18.6. The minimum Gasteiger partial charge on any atom is -0.409 e. The van der Waals surface area contributed by atoms with E-state index < -0.39 is 0 Å². The molecule has 5 heteroatoms. The van der Waals surface area contributed by atoms with Crippen molar-refractivity contribution in [3.05, 3.63) is 22.4 Å². The SMILES string of the molecule is NC(CCNCCc1ccsc1)=NO. The molecule has 0 spiro atoms. The Morgan fingerprint density at radius 3 is 3.07 bits per heavy atom. The van der Waals surface area contributed by atoms with Gasteiger partial charge in [0.2, 0.25) is 0 Å². The average molecular weight is 213 g/mol. The van der Waals surface area contributed by atoms with Gasteiger partial charge in [-0.3, -0.25) is 0 Å². The van der Waals surface area contributed by atoms with Crippen LogP contribution >= 0.6 is 11.3 Å². The Balaban J connectivity index is 2.00. The van der Waals surface area contributed by atoms with E-state index in [0.29, 0.717) is 6.42 Å². The van der Waals surface area contributed by atoms with Crippen molar-refractivity contribution in [1.29, 1.82) is 0 Å². The van der Waals surface area contributed by atoms with Gasteiger partial charge in [0.25, 0.3) is 0 Å². The predicted octanol–water partition coefficient (Wildman–Crippen LogP) is 1.02. The lowest BCUT2D eigenvalue weighted by Crippen LogP contribution is -2.23. The highest BCUT2D eigenvalue weighted by Gasteiger charge is 1.94. The van der Waals surface area contributed by atoms with E-state index in [1.807, 2.05) is 0 Å². The van der Waals surface area contributed by atoms with Gasteiger partial charge in [0.1, 0.15) is 5.84 Å². The first kappa shape index (κ1) is 11.0. The molecule has 0 saturated carbocycles. The van der Waals surface area contributed by atoms with Crippen molar-refractivity contribution in [3.8, 4) is 0 Å². The lowest BCUT2D eigenvalue weighted by Gasteiger charge is -2.02. The number of nitrogens with zero attached hydrogens (tertiary/aromatic N) is 1. The molecule has 0 unspecified atom stereocenters. The first-order valence-corrected chi connectivity index (χ1v) is 5.45. The second-order valence-electron chi connectivity index (χ2n) is 2.97. The Labute approximate surface area is 87.4 Å². The standard InChI is InChI=1S/C9H15N3OS/c10-9(12-13)2-5-11-4-1-8-3-6-14-7-8/h3,6-7,11,13H,1-2,4-5H2,(H2,10,12). The molecule has 0 radical (unpaired) electrons. The maximum atomic E-state index is 8.28. The highest BCUT2D eigenvalue weighted by Crippen LogP contribution is 2.05. The fourth-order valence-electron chi connectivity index (χ4n) is 1.06. The summed E-state index contributed by atoms with van der Waals surface area (Å²) >= 11 is 1.71. The molecule has 78 valence electrons. The van der Waals surface area contributed by atoms with Crippen LogP contribution in [0.3, 0.4) is 0 Å². The Kier molecular flexibility index (Phi) is 5.03. The molecule has 1 rings (SSSR count). The van der Waals surface area contributed by atoms with Crippen LogP contribution in [0.2, 0.25) is 0 Å². The van der Waals surface area contributed by atoms with Gasteiger partial charge in [0.15, 0.2) is 0 Å². The Bertz CT molecular complexity index is 272. The van der Waals surface area contributed by atoms with E-state index in [0.717, 1.165) is 19.5 Å². The monoisotopic (exact) mass is 213 g/mol. The van der Waals surface area contributed by atoms with Crippen LogP contribution in [-0.2, 0) is 6.42 Å². The Morgan fingerprint density at radius 2 is 2.43 bits per heavy atom. The summed E-state index contributed by atoms with van der Waals surface area (Å²) in [4.78, 5) is 0. The van der Waals surface area contributed by atoms with Crippen LogP contribution < -0.4 is 11.1 Å². The van der Waals surface area contributed by atoms with Crippen molar-refractivity contribution < 1.29 is 5.21 Å². The molecule has 1 aromatic rings. The van der Waals surface area contributed by atoms with E-state index in [2.05, 4.69) is 27.3 Å². The van der Waals surface area contributed by atoms with Gasteiger partial charge in [-0.25, -0.2) is 0 Å². The van der Waals surface area contributed by atoms with Gasteiger partial charge in [-0.2, -0.15) is 11.3 Å². The highest BCUT2D eigenvalue weighted by atomic mass is 32.1. The summed E-state index contributed by atoms with van der Waals surface area (Å²) in [5.74, 6) is 0.271. The van der Waals surface area contributed by atoms with E-state index in [4.69, 9.17) is 10.9 Å². The number of nitrogens with two attached hydrogens (primary N) is 1. The van der Waals surface area contributed by atoms with Gasteiger partial charge in [-0.1, -0.05) is 5.16 Å². The summed E-state index contributed by atoms with van der Waals surface area (Å²) in [6, 6.07) is 2.12. The van der Waals surface area contributed by atoms with Crippen molar-refractivity contribution in [3.63, 3.8) is 0 Å². The fraction of sp³-hybridized carbons (Fsp3) is 0.444. The molecule has 4 nitrogen and oxygen atoms in total. The van der Waals surface area contributed by atoms with Crippen LogP contribution in [0.1, 0.15) is 12.0 Å². The van der Waals surface area contributed by atoms with Gasteiger partial charge in [-0.15, -0.1) is 0 Å². The number of rotatable bonds is 6. The molecule has 0 saturated heterocycles. The molecule has 1 heterocycles. The molecule has 0 bridgehead atoms. The number of nitrogens with one attached hydrogen (secondary N) is 1. The molecule has 0 fully saturated rings. The first-order valence-electron chi connectivity index (χ1n) is 4.51. The minimum absolute atomic E-state index is 0.271. The summed E-state index contributed by atoms with van der Waals surface area (Å²) in [7, 11) is 0. The topological polar surface area (TPSA) is 70.6 Å². The lowest BCUT2D eigenvalue weighted by atomic mass is 10.2. The van der Waals surface area contributed by atoms with Gasteiger partial charge in [0.05, 0.1) is 0 Å². The van der Waals surface area contributed by atoms with E-state index in [1.165, 1.54) is 5.56 Å². The average Bonchev–Trinajstić information content (AvgIpc) is 2.69. The highest BCUT2D eigenvalue weighted by molar-refractivity contribution is 7.07. The molecule has 14 heavy (non-hydrogen) atoms. The number of thiophene rings is 1. The predicted molar refractivity (Wildman–Crippen MR) is 58.9 cm³/mol. The van der Waals surface area contributed by atoms with Crippen LogP contribution in [0, 0.1) is 0 Å². The zero-order chi connectivity index (χ0) is 10.2. The molecule has 0 aromatic carbocycles. The number of hydrogen-bond donors (Lipinski definition) is 3. The molecule has 0 aliphatic carbocycles. The minimum atomic E-state index is 0.271. The molecule has 1 aromatic heterocycles. The van der Waals surface area contributed by atoms with E-state index >= 15 is 0 Å². The Morgan fingerprint density at radius 1 is 1.57 bits per heavy atom. The van der Waals surface area contributed by atoms with Crippen LogP contribution in [0.4, 0.5) is 0 Å². The zero-order valence-electron chi connectivity index (χ0n) is 7.94. The third kappa shape index (κ3) is 4.25. The molecular formula is C9H15N3OS. The Hall–Kier alpha value is -1.07. The summed E-state index contributed by atoms with van der Waals surface area (Å²) in [5.41, 5.74) is 6.66. The summed E-state index contributed by atoms with van der Waals surface area (Å²) < 4.78 is 0. The van der Waals surface area contributed by atoms with Crippen molar-refractivity contribution in [1.82, 2.24) is 5.32 Å². The van der Waals surface area contributed by atoms with E-state index in [9.17, 15) is 0 Å². The maximum absolute atomic E-state index is 8.28. The molecule has 0 aliphatic heterocycles. The smallest absolute Gasteiger partial charge is 0.140 e.